The van der Waals surface area contributed by atoms with Crippen molar-refractivity contribution in [3.05, 3.63) is 35.9 Å². The minimum absolute atomic E-state index is 0.103. The second kappa shape index (κ2) is 3.25. The van der Waals surface area contributed by atoms with Crippen LogP contribution in [0.5, 0.6) is 0 Å². The van der Waals surface area contributed by atoms with Gasteiger partial charge in [-0.2, -0.15) is 0 Å². The third-order valence-electron chi connectivity index (χ3n) is 2.11. The Hall–Kier alpha value is -0.860. The molecule has 0 atom stereocenters. The Bertz CT molecular complexity index is 241. The van der Waals surface area contributed by atoms with E-state index in [4.69, 9.17) is 5.11 Å². The van der Waals surface area contributed by atoms with Crippen molar-refractivity contribution in [2.45, 2.75) is 12.6 Å². The summed E-state index contributed by atoms with van der Waals surface area (Å²) in [4.78, 5) is 2.20. The van der Waals surface area contributed by atoms with Crippen LogP contribution in [0, 0.1) is 6.07 Å². The molecule has 2 rings (SSSR count). The first-order valence-electron chi connectivity index (χ1n) is 4.20. The minimum atomic E-state index is -0.103. The first-order valence-corrected chi connectivity index (χ1v) is 4.20. The summed E-state index contributed by atoms with van der Waals surface area (Å²) in [5.74, 6) is 0. The molecule has 1 aliphatic heterocycles. The van der Waals surface area contributed by atoms with E-state index >= 15 is 0 Å². The van der Waals surface area contributed by atoms with E-state index in [2.05, 4.69) is 17.0 Å². The van der Waals surface area contributed by atoms with Crippen LogP contribution in [0.15, 0.2) is 24.3 Å². The highest BCUT2D eigenvalue weighted by Gasteiger charge is 2.23. The van der Waals surface area contributed by atoms with Crippen molar-refractivity contribution in [2.75, 3.05) is 13.1 Å². The molecular formula is C10H12NO. The van der Waals surface area contributed by atoms with Gasteiger partial charge in [-0.3, -0.25) is 4.90 Å². The second-order valence-corrected chi connectivity index (χ2v) is 3.24. The Morgan fingerprint density at radius 3 is 2.92 bits per heavy atom. The molecule has 1 fully saturated rings. The molecule has 1 N–H and O–H groups in total. The normalized spacial score (nSPS) is 19.1. The summed E-state index contributed by atoms with van der Waals surface area (Å²) < 4.78 is 0. The highest BCUT2D eigenvalue weighted by molar-refractivity contribution is 5.13. The topological polar surface area (TPSA) is 23.5 Å². The number of rotatable bonds is 2. The molecule has 0 unspecified atom stereocenters. The average molecular weight is 162 g/mol. The lowest BCUT2D eigenvalue weighted by atomic mass is 10.1. The first kappa shape index (κ1) is 7.77. The summed E-state index contributed by atoms with van der Waals surface area (Å²) in [6, 6.07) is 11.1. The Labute approximate surface area is 72.4 Å². The summed E-state index contributed by atoms with van der Waals surface area (Å²) >= 11 is 0. The lowest BCUT2D eigenvalue weighted by Gasteiger charge is -2.35. The first-order chi connectivity index (χ1) is 5.84. The Morgan fingerprint density at radius 2 is 2.33 bits per heavy atom. The van der Waals surface area contributed by atoms with Gasteiger partial charge in [0.25, 0.3) is 0 Å². The molecule has 1 radical (unpaired) electrons. The highest BCUT2D eigenvalue weighted by atomic mass is 16.3. The summed E-state index contributed by atoms with van der Waals surface area (Å²) in [5.41, 5.74) is 1.20. The Kier molecular flexibility index (Phi) is 2.11. The van der Waals surface area contributed by atoms with Crippen molar-refractivity contribution in [3.63, 3.8) is 0 Å². The standard InChI is InChI=1S/C10H12NO/c12-10-7-11(8-10)6-9-4-2-1-3-5-9/h1-4,10,12H,6-8H2. The monoisotopic (exact) mass is 162 g/mol. The average Bonchev–Trinajstić information content (AvgIpc) is 2.04. The van der Waals surface area contributed by atoms with E-state index in [1.807, 2.05) is 18.2 Å². The predicted molar refractivity (Wildman–Crippen MR) is 46.6 cm³/mol. The van der Waals surface area contributed by atoms with Gasteiger partial charge < -0.3 is 5.11 Å². The molecule has 1 heterocycles. The van der Waals surface area contributed by atoms with Crippen LogP contribution in [0.3, 0.4) is 0 Å². The van der Waals surface area contributed by atoms with E-state index in [0.29, 0.717) is 0 Å². The molecule has 1 saturated heterocycles. The summed E-state index contributed by atoms with van der Waals surface area (Å²) in [6.45, 7) is 2.53. The molecule has 12 heavy (non-hydrogen) atoms. The summed E-state index contributed by atoms with van der Waals surface area (Å²) in [5, 5.41) is 9.04. The van der Waals surface area contributed by atoms with Gasteiger partial charge in [-0.1, -0.05) is 24.3 Å². The number of aliphatic hydroxyl groups excluding tert-OH is 1. The lowest BCUT2D eigenvalue weighted by molar-refractivity contribution is -0.00290. The van der Waals surface area contributed by atoms with Gasteiger partial charge in [0.15, 0.2) is 0 Å². The molecule has 0 aromatic heterocycles. The van der Waals surface area contributed by atoms with E-state index in [9.17, 15) is 0 Å². The molecule has 63 valence electrons. The number of aliphatic hydroxyl groups is 1. The van der Waals surface area contributed by atoms with Crippen LogP contribution in [0.25, 0.3) is 0 Å². The largest absolute Gasteiger partial charge is 0.390 e. The second-order valence-electron chi connectivity index (χ2n) is 3.24. The van der Waals surface area contributed by atoms with Crippen molar-refractivity contribution in [1.82, 2.24) is 4.90 Å². The molecular weight excluding hydrogens is 150 g/mol. The zero-order valence-electron chi connectivity index (χ0n) is 6.90. The maximum absolute atomic E-state index is 9.04. The quantitative estimate of drug-likeness (QED) is 0.690. The molecule has 1 aromatic carbocycles. The van der Waals surface area contributed by atoms with Gasteiger partial charge in [0.05, 0.1) is 6.10 Å². The summed E-state index contributed by atoms with van der Waals surface area (Å²) in [7, 11) is 0. The molecule has 2 nitrogen and oxygen atoms in total. The van der Waals surface area contributed by atoms with E-state index in [0.717, 1.165) is 19.6 Å². The highest BCUT2D eigenvalue weighted by Crippen LogP contribution is 2.11. The zero-order valence-corrected chi connectivity index (χ0v) is 6.90. The van der Waals surface area contributed by atoms with Crippen LogP contribution in [0.1, 0.15) is 5.56 Å². The molecule has 1 aliphatic rings. The van der Waals surface area contributed by atoms with E-state index in [1.54, 1.807) is 0 Å². The van der Waals surface area contributed by atoms with Crippen molar-refractivity contribution in [2.24, 2.45) is 0 Å². The van der Waals surface area contributed by atoms with Gasteiger partial charge in [0.1, 0.15) is 0 Å². The third-order valence-corrected chi connectivity index (χ3v) is 2.11. The smallest absolute Gasteiger partial charge is 0.0794 e. The maximum atomic E-state index is 9.04. The summed E-state index contributed by atoms with van der Waals surface area (Å²) in [6.07, 6.45) is -0.103. The molecule has 2 heteroatoms. The van der Waals surface area contributed by atoms with Crippen molar-refractivity contribution in [1.29, 1.82) is 0 Å². The van der Waals surface area contributed by atoms with Crippen LogP contribution in [0.2, 0.25) is 0 Å². The van der Waals surface area contributed by atoms with Crippen molar-refractivity contribution < 1.29 is 5.11 Å². The van der Waals surface area contributed by atoms with Gasteiger partial charge in [0, 0.05) is 19.6 Å². The lowest BCUT2D eigenvalue weighted by Crippen LogP contribution is -2.49. The van der Waals surface area contributed by atoms with Crippen LogP contribution in [-0.4, -0.2) is 29.2 Å². The Balaban J connectivity index is 1.88. The molecule has 0 bridgehead atoms. The van der Waals surface area contributed by atoms with Gasteiger partial charge in [-0.15, -0.1) is 0 Å². The zero-order chi connectivity index (χ0) is 8.39. The number of benzene rings is 1. The number of β-amino-alcohol motifs (C(OH)–C–C–N with tert-alkyl or cyclic N) is 1. The fraction of sp³-hybridized carbons (Fsp3) is 0.400. The van der Waals surface area contributed by atoms with Gasteiger partial charge in [-0.05, 0) is 11.6 Å². The number of likely N-dealkylation sites (tertiary alicyclic amines) is 1. The fourth-order valence-electron chi connectivity index (χ4n) is 1.44. The van der Waals surface area contributed by atoms with Gasteiger partial charge in [0.2, 0.25) is 0 Å². The molecule has 1 aromatic rings. The van der Waals surface area contributed by atoms with E-state index in [1.165, 1.54) is 5.56 Å². The Morgan fingerprint density at radius 1 is 1.50 bits per heavy atom. The molecule has 0 amide bonds. The van der Waals surface area contributed by atoms with Crippen LogP contribution < -0.4 is 0 Å². The van der Waals surface area contributed by atoms with E-state index in [-0.39, 0.29) is 6.10 Å². The van der Waals surface area contributed by atoms with E-state index < -0.39 is 0 Å². The van der Waals surface area contributed by atoms with Crippen LogP contribution in [-0.2, 0) is 6.54 Å². The van der Waals surface area contributed by atoms with Crippen LogP contribution in [0.4, 0.5) is 0 Å². The van der Waals surface area contributed by atoms with Gasteiger partial charge in [-0.25, -0.2) is 0 Å². The molecule has 0 spiro atoms. The number of hydrogen-bond donors (Lipinski definition) is 1. The fourth-order valence-corrected chi connectivity index (χ4v) is 1.44. The van der Waals surface area contributed by atoms with Crippen molar-refractivity contribution >= 4 is 0 Å². The SMILES string of the molecule is OC1CN(Cc2[c]cccc2)C1. The van der Waals surface area contributed by atoms with Gasteiger partial charge >= 0.3 is 0 Å². The van der Waals surface area contributed by atoms with Crippen LogP contribution >= 0.6 is 0 Å². The maximum Gasteiger partial charge on any atom is 0.0794 e. The number of nitrogens with zero attached hydrogens (tertiary/aromatic N) is 1. The third kappa shape index (κ3) is 1.65. The van der Waals surface area contributed by atoms with Crippen molar-refractivity contribution in [3.8, 4) is 0 Å². The predicted octanol–water partition coefficient (Wildman–Crippen LogP) is 0.663. The molecule has 0 aliphatic carbocycles. The molecule has 0 saturated carbocycles. The minimum Gasteiger partial charge on any atom is -0.390 e. The number of hydrogen-bond acceptors (Lipinski definition) is 2.